The van der Waals surface area contributed by atoms with E-state index in [0.29, 0.717) is 11.1 Å². The molecule has 0 radical (unpaired) electrons. The summed E-state index contributed by atoms with van der Waals surface area (Å²) in [5.41, 5.74) is 23.1. The molecule has 0 unspecified atom stereocenters. The molecule has 12 amide bonds. The van der Waals surface area contributed by atoms with Gasteiger partial charge in [-0.3, -0.25) is 58.4 Å². The Labute approximate surface area is 511 Å². The number of likely N-dealkylation sites (tertiary alicyclic amines) is 1. The number of aromatic amines is 1. The third kappa shape index (κ3) is 21.5. The van der Waals surface area contributed by atoms with Crippen LogP contribution in [0.4, 0.5) is 9.18 Å². The zero-order chi connectivity index (χ0) is 65.6. The maximum absolute atomic E-state index is 15.2. The number of carbonyl (C=O) groups is 11. The van der Waals surface area contributed by atoms with Crippen molar-refractivity contribution in [1.82, 2.24) is 63.3 Å². The highest BCUT2D eigenvalue weighted by atomic mass is 19.1. The Kier molecular flexibility index (Phi) is 26.1. The number of nitrogens with one attached hydrogen (secondary N) is 11. The van der Waals surface area contributed by atoms with Crippen LogP contribution < -0.4 is 70.6 Å². The molecule has 4 aromatic rings. The lowest BCUT2D eigenvalue weighted by molar-refractivity contribution is -0.142. The molecular formula is C58H79FN16O14. The highest BCUT2D eigenvalue weighted by molar-refractivity contribution is 5.99. The van der Waals surface area contributed by atoms with Crippen molar-refractivity contribution in [2.75, 3.05) is 20.1 Å². The van der Waals surface area contributed by atoms with Crippen molar-refractivity contribution in [3.63, 3.8) is 0 Å². The summed E-state index contributed by atoms with van der Waals surface area (Å²) in [6.07, 6.45) is -3.14. The maximum atomic E-state index is 15.2. The Hall–Kier alpha value is -9.91. The number of phenols is 1. The van der Waals surface area contributed by atoms with E-state index in [1.54, 1.807) is 26.1 Å². The molecule has 1 saturated heterocycles. The Morgan fingerprint density at radius 1 is 0.697 bits per heavy atom. The summed E-state index contributed by atoms with van der Waals surface area (Å²) in [6, 6.07) is 4.61. The van der Waals surface area contributed by atoms with E-state index in [0.717, 1.165) is 35.7 Å². The van der Waals surface area contributed by atoms with Gasteiger partial charge in [0.2, 0.25) is 53.2 Å². The Balaban J connectivity index is 1.29. The lowest BCUT2D eigenvalue weighted by atomic mass is 10.0. The Bertz CT molecular complexity index is 3220. The van der Waals surface area contributed by atoms with Gasteiger partial charge in [-0.15, -0.1) is 0 Å². The molecule has 5 rings (SSSR count). The third-order valence-electron chi connectivity index (χ3n) is 14.3. The number of hydrogen-bond donors (Lipinski definition) is 17. The molecule has 1 aliphatic heterocycles. The predicted octanol–water partition coefficient (Wildman–Crippen LogP) is -3.27. The number of aliphatic hydroxyl groups excluding tert-OH is 2. The van der Waals surface area contributed by atoms with E-state index in [2.05, 4.69) is 63.4 Å². The summed E-state index contributed by atoms with van der Waals surface area (Å²) in [5, 5.41) is 52.1. The molecule has 0 bridgehead atoms. The van der Waals surface area contributed by atoms with E-state index in [9.17, 15) is 68.1 Å². The van der Waals surface area contributed by atoms with Crippen LogP contribution >= 0.6 is 0 Å². The number of benzene rings is 3. The van der Waals surface area contributed by atoms with Crippen molar-refractivity contribution in [3.05, 3.63) is 102 Å². The van der Waals surface area contributed by atoms with Crippen LogP contribution in [0.25, 0.3) is 10.9 Å². The number of aromatic nitrogens is 1. The number of β-amino-alcohol motifs (C(OH)–C–C–N with tert-alkyl or cyclic N) is 1. The van der Waals surface area contributed by atoms with Gasteiger partial charge in [0.1, 0.15) is 59.9 Å². The molecule has 1 aliphatic rings. The first-order chi connectivity index (χ1) is 42.1. The van der Waals surface area contributed by atoms with Gasteiger partial charge in [-0.05, 0) is 73.1 Å². The van der Waals surface area contributed by atoms with Gasteiger partial charge < -0.3 is 84.9 Å². The van der Waals surface area contributed by atoms with Crippen molar-refractivity contribution in [2.45, 2.75) is 140 Å². The third-order valence-corrected chi connectivity index (χ3v) is 14.3. The zero-order valence-electron chi connectivity index (χ0n) is 49.8. The summed E-state index contributed by atoms with van der Waals surface area (Å²) in [4.78, 5) is 157. The van der Waals surface area contributed by atoms with Crippen LogP contribution in [0.15, 0.2) is 84.0 Å². The van der Waals surface area contributed by atoms with Crippen LogP contribution in [0.1, 0.15) is 76.5 Å². The van der Waals surface area contributed by atoms with E-state index in [4.69, 9.17) is 17.2 Å². The maximum Gasteiger partial charge on any atom is 0.334 e. The number of carbonyl (C=O) groups excluding carboxylic acids is 11. The highest BCUT2D eigenvalue weighted by Crippen LogP contribution is 2.23. The van der Waals surface area contributed by atoms with Crippen LogP contribution in [0.2, 0.25) is 0 Å². The van der Waals surface area contributed by atoms with Crippen molar-refractivity contribution >= 4 is 82.0 Å². The summed E-state index contributed by atoms with van der Waals surface area (Å²) >= 11 is 0. The standard InChI is InChI=1S/C58H79FN16O14/c1-29(2)21-42(51(83)67-40(15-10-20-64-57(62)63-5)50(82)68-41(49(61)81)24-34-27-65-39-14-9-7-12-37(34)39)71-58(89)74-73-53(85)43(23-33-11-6-8-13-38(33)59)70-55(87)48(30(3)76)72-52(84)44(26-47(60)80)69-54(86)46-25-36(79)28-75(46)56(88)45(66-31(4)77)22-32-16-18-35(78)19-17-32/h6-9,11-14,16-19,27,29-30,36,40-46,48,65,76,78-79H,10,15,20-26,28H2,1-5H3,(H2,60,80)(H2,61,81)(H,66,77)(H,67,83)(H,68,82)(H,69,86)(H,70,87)(H,72,84)(H,73,85)(H3,62,63,64)(H2,71,74,89)/t30-,36-,40+,41+,42+,43+,44+,45-,46+,48+/m1/s1. The minimum Gasteiger partial charge on any atom is -0.508 e. The number of fused-ring (bicyclic) bond motifs is 1. The second-order valence-corrected chi connectivity index (χ2v) is 21.9. The molecule has 20 N–H and O–H groups in total. The van der Waals surface area contributed by atoms with Gasteiger partial charge in [-0.25, -0.2) is 14.6 Å². The molecule has 89 heavy (non-hydrogen) atoms. The Morgan fingerprint density at radius 2 is 1.33 bits per heavy atom. The number of H-pyrrole nitrogens is 1. The van der Waals surface area contributed by atoms with E-state index >= 15 is 4.39 Å². The number of primary amides is 2. The quantitative estimate of drug-likeness (QED) is 0.0105. The van der Waals surface area contributed by atoms with Gasteiger partial charge in [-0.2, -0.15) is 0 Å². The number of halogens is 1. The fourth-order valence-electron chi connectivity index (χ4n) is 9.77. The first kappa shape index (κ1) is 69.9. The van der Waals surface area contributed by atoms with Gasteiger partial charge in [0.25, 0.3) is 5.91 Å². The molecule has 30 nitrogen and oxygen atoms in total. The molecule has 1 fully saturated rings. The van der Waals surface area contributed by atoms with Crippen LogP contribution in [0.5, 0.6) is 5.75 Å². The van der Waals surface area contributed by atoms with Crippen LogP contribution in [-0.4, -0.2) is 177 Å². The second-order valence-electron chi connectivity index (χ2n) is 21.9. The average Bonchev–Trinajstić information content (AvgIpc) is 3.62. The summed E-state index contributed by atoms with van der Waals surface area (Å²) < 4.78 is 15.2. The monoisotopic (exact) mass is 1240 g/mol. The number of rotatable bonds is 30. The molecular weight excluding hydrogens is 1160 g/mol. The zero-order valence-corrected chi connectivity index (χ0v) is 49.8. The van der Waals surface area contributed by atoms with Crippen LogP contribution in [0.3, 0.4) is 0 Å². The van der Waals surface area contributed by atoms with E-state index < -0.39 is 144 Å². The minimum absolute atomic E-state index is 0.000668. The molecule has 10 atom stereocenters. The lowest BCUT2D eigenvalue weighted by Crippen LogP contribution is -2.62. The number of aliphatic hydroxyl groups is 2. The fraction of sp³-hybridized carbons (Fsp3) is 0.448. The minimum atomic E-state index is -1.99. The Morgan fingerprint density at radius 3 is 1.97 bits per heavy atom. The topological polar surface area (TPSA) is 478 Å². The van der Waals surface area contributed by atoms with Gasteiger partial charge in [-0.1, -0.05) is 62.4 Å². The number of guanidine groups is 1. The number of para-hydroxylation sites is 1. The van der Waals surface area contributed by atoms with Crippen molar-refractivity contribution in [3.8, 4) is 5.75 Å². The molecule has 31 heteroatoms. The summed E-state index contributed by atoms with van der Waals surface area (Å²) in [5.74, 6) is -10.9. The van der Waals surface area contributed by atoms with E-state index in [1.165, 1.54) is 49.5 Å². The molecule has 3 aromatic carbocycles. The number of hydrogen-bond acceptors (Lipinski definition) is 15. The van der Waals surface area contributed by atoms with Gasteiger partial charge >= 0.3 is 6.03 Å². The number of amides is 12. The molecule has 0 aliphatic carbocycles. The number of aliphatic imine (C=N–C) groups is 1. The summed E-state index contributed by atoms with van der Waals surface area (Å²) in [6.45, 7) is 5.53. The molecule has 1 aromatic heterocycles. The first-order valence-electron chi connectivity index (χ1n) is 28.6. The second kappa shape index (κ2) is 33.3. The van der Waals surface area contributed by atoms with E-state index in [-0.39, 0.29) is 74.8 Å². The first-order valence-corrected chi connectivity index (χ1v) is 28.6. The largest absolute Gasteiger partial charge is 0.508 e. The molecule has 0 spiro atoms. The molecule has 0 saturated carbocycles. The number of phenolic OH excluding ortho intramolecular Hbond substituents is 1. The average molecular weight is 1240 g/mol. The normalized spacial score (nSPS) is 16.6. The number of hydrazine groups is 1. The van der Waals surface area contributed by atoms with Crippen LogP contribution in [-0.2, 0) is 67.2 Å². The predicted molar refractivity (Wildman–Crippen MR) is 320 cm³/mol. The van der Waals surface area contributed by atoms with Gasteiger partial charge in [0.05, 0.1) is 18.6 Å². The van der Waals surface area contributed by atoms with E-state index in [1.807, 2.05) is 18.2 Å². The van der Waals surface area contributed by atoms with Gasteiger partial charge in [0.15, 0.2) is 5.96 Å². The molecule has 482 valence electrons. The van der Waals surface area contributed by atoms with Crippen LogP contribution in [0, 0.1) is 11.7 Å². The lowest BCUT2D eigenvalue weighted by Gasteiger charge is -2.30. The molecule has 2 heterocycles. The smallest absolute Gasteiger partial charge is 0.334 e. The number of nitrogens with two attached hydrogens (primary N) is 3. The van der Waals surface area contributed by atoms with Gasteiger partial charge in [0, 0.05) is 69.8 Å². The SMILES string of the molecule is CN=C(N)NCCC[C@H](NC(=O)[C@H](CC(C)C)NC(=O)NNC(=O)[C@H](Cc1ccccc1F)NC(=O)[C@@H](NC(=O)[C@H](CC(N)=O)NC(=O)[C@@H]1C[C@@H](O)CN1C(=O)[C@@H](Cc1ccc(O)cc1)NC(C)=O)[C@@H](C)O)C(=O)N[C@@H](Cc1c[nH]c2ccccc12)C(N)=O. The number of aromatic hydroxyl groups is 1. The highest BCUT2D eigenvalue weighted by Gasteiger charge is 2.43. The van der Waals surface area contributed by atoms with Crippen molar-refractivity contribution in [1.29, 1.82) is 0 Å². The summed E-state index contributed by atoms with van der Waals surface area (Å²) in [7, 11) is 1.46. The van der Waals surface area contributed by atoms with Crippen molar-refractivity contribution in [2.24, 2.45) is 28.1 Å². The number of urea groups is 1. The number of nitrogens with zero attached hydrogens (tertiary/aromatic N) is 2. The fourth-order valence-corrected chi connectivity index (χ4v) is 9.77. The van der Waals surface area contributed by atoms with Crippen molar-refractivity contribution < 1.29 is 72.4 Å².